The molecule has 0 bridgehead atoms. The first-order valence-corrected chi connectivity index (χ1v) is 9.85. The lowest BCUT2D eigenvalue weighted by atomic mass is 10.0. The molecular weight excluding hydrogens is 360 g/mol. The van der Waals surface area contributed by atoms with E-state index in [-0.39, 0.29) is 6.03 Å². The Morgan fingerprint density at radius 3 is 2.17 bits per heavy atom. The average Bonchev–Trinajstić information content (AvgIpc) is 2.77. The van der Waals surface area contributed by atoms with Gasteiger partial charge in [-0.2, -0.15) is 0 Å². The van der Waals surface area contributed by atoms with E-state index in [0.29, 0.717) is 0 Å². The summed E-state index contributed by atoms with van der Waals surface area (Å²) in [6.07, 6.45) is 5.69. The summed E-state index contributed by atoms with van der Waals surface area (Å²) in [5.41, 5.74) is 5.13. The highest BCUT2D eigenvalue weighted by molar-refractivity contribution is 5.89. The van der Waals surface area contributed by atoms with E-state index in [1.54, 1.807) is 6.20 Å². The fourth-order valence-electron chi connectivity index (χ4n) is 3.34. The predicted octanol–water partition coefficient (Wildman–Crippen LogP) is 5.54. The van der Waals surface area contributed by atoms with E-state index in [4.69, 9.17) is 0 Å². The summed E-state index contributed by atoms with van der Waals surface area (Å²) in [7, 11) is 0. The summed E-state index contributed by atoms with van der Waals surface area (Å²) < 4.78 is 0. The van der Waals surface area contributed by atoms with Gasteiger partial charge < -0.3 is 15.5 Å². The molecule has 1 aliphatic rings. The molecule has 0 radical (unpaired) electrons. The number of nitrogens with one attached hydrogen (secondary N) is 2. The molecule has 5 heteroatoms. The largest absolute Gasteiger partial charge is 0.356 e. The van der Waals surface area contributed by atoms with E-state index in [9.17, 15) is 4.79 Å². The van der Waals surface area contributed by atoms with Gasteiger partial charge in [-0.15, -0.1) is 0 Å². The van der Waals surface area contributed by atoms with Crippen molar-refractivity contribution in [2.45, 2.75) is 12.8 Å². The molecule has 1 fully saturated rings. The number of urea groups is 1. The van der Waals surface area contributed by atoms with E-state index in [1.807, 2.05) is 77.7 Å². The standard InChI is InChI=1S/C24H24N4O/c29-24(28-16-13-19(14-17-28)18-23-8-4-5-15-25-23)27-22-11-9-21(10-12-22)26-20-6-2-1-3-7-20/h1-12,15,18,26H,13-14,16-17H2,(H,27,29). The Bertz CT molecular complexity index is 959. The van der Waals surface area contributed by atoms with Crippen molar-refractivity contribution in [1.29, 1.82) is 0 Å². The van der Waals surface area contributed by atoms with Gasteiger partial charge in [-0.1, -0.05) is 29.8 Å². The van der Waals surface area contributed by atoms with E-state index in [1.165, 1.54) is 5.57 Å². The van der Waals surface area contributed by atoms with Gasteiger partial charge in [0.25, 0.3) is 0 Å². The lowest BCUT2D eigenvalue weighted by Crippen LogP contribution is -2.39. The first-order valence-electron chi connectivity index (χ1n) is 9.85. The maximum Gasteiger partial charge on any atom is 0.321 e. The molecule has 5 nitrogen and oxygen atoms in total. The minimum atomic E-state index is -0.0503. The highest BCUT2D eigenvalue weighted by Gasteiger charge is 2.19. The summed E-state index contributed by atoms with van der Waals surface area (Å²) in [6.45, 7) is 1.44. The molecule has 0 saturated carbocycles. The number of pyridine rings is 1. The van der Waals surface area contributed by atoms with Crippen molar-refractivity contribution < 1.29 is 4.79 Å². The number of aromatic nitrogens is 1. The first-order chi connectivity index (χ1) is 14.3. The summed E-state index contributed by atoms with van der Waals surface area (Å²) in [5, 5.41) is 6.33. The number of benzene rings is 2. The second-order valence-corrected chi connectivity index (χ2v) is 7.04. The lowest BCUT2D eigenvalue weighted by Gasteiger charge is -2.28. The summed E-state index contributed by atoms with van der Waals surface area (Å²) in [5.74, 6) is 0. The first kappa shape index (κ1) is 18.7. The Labute approximate surface area is 171 Å². The van der Waals surface area contributed by atoms with Crippen LogP contribution in [0.4, 0.5) is 21.9 Å². The fourth-order valence-corrected chi connectivity index (χ4v) is 3.34. The fraction of sp³-hybridized carbons (Fsp3) is 0.167. The Morgan fingerprint density at radius 1 is 0.828 bits per heavy atom. The summed E-state index contributed by atoms with van der Waals surface area (Å²) in [4.78, 5) is 18.8. The molecule has 29 heavy (non-hydrogen) atoms. The zero-order valence-electron chi connectivity index (χ0n) is 16.2. The minimum Gasteiger partial charge on any atom is -0.356 e. The van der Waals surface area contributed by atoms with Crippen LogP contribution in [-0.4, -0.2) is 29.0 Å². The van der Waals surface area contributed by atoms with Gasteiger partial charge in [0.05, 0.1) is 5.69 Å². The molecule has 2 aromatic carbocycles. The van der Waals surface area contributed by atoms with Gasteiger partial charge in [0.2, 0.25) is 0 Å². The van der Waals surface area contributed by atoms with Crippen LogP contribution in [0.1, 0.15) is 18.5 Å². The number of likely N-dealkylation sites (tertiary alicyclic amines) is 1. The number of piperidine rings is 1. The quantitative estimate of drug-likeness (QED) is 0.621. The smallest absolute Gasteiger partial charge is 0.321 e. The molecule has 3 aromatic rings. The van der Waals surface area contributed by atoms with Crippen LogP contribution in [0.2, 0.25) is 0 Å². The highest BCUT2D eigenvalue weighted by Crippen LogP contribution is 2.21. The van der Waals surface area contributed by atoms with Crippen LogP contribution in [0, 0.1) is 0 Å². The monoisotopic (exact) mass is 384 g/mol. The van der Waals surface area contributed by atoms with Crippen molar-refractivity contribution in [3.63, 3.8) is 0 Å². The third-order valence-corrected chi connectivity index (χ3v) is 4.93. The molecule has 2 amide bonds. The van der Waals surface area contributed by atoms with Crippen LogP contribution >= 0.6 is 0 Å². The Balaban J connectivity index is 1.29. The second-order valence-electron chi connectivity index (χ2n) is 7.04. The Morgan fingerprint density at radius 2 is 1.48 bits per heavy atom. The Kier molecular flexibility index (Phi) is 5.86. The van der Waals surface area contributed by atoms with Crippen LogP contribution in [0.3, 0.4) is 0 Å². The van der Waals surface area contributed by atoms with Crippen molar-refractivity contribution in [3.8, 4) is 0 Å². The summed E-state index contributed by atoms with van der Waals surface area (Å²) >= 11 is 0. The molecule has 0 spiro atoms. The minimum absolute atomic E-state index is 0.0503. The Hall–Kier alpha value is -3.60. The second kappa shape index (κ2) is 9.06. The number of carbonyl (C=O) groups is 1. The molecule has 1 aliphatic heterocycles. The van der Waals surface area contributed by atoms with Gasteiger partial charge in [0, 0.05) is 36.3 Å². The molecule has 0 aliphatic carbocycles. The van der Waals surface area contributed by atoms with E-state index in [2.05, 4.69) is 21.7 Å². The number of carbonyl (C=O) groups excluding carboxylic acids is 1. The number of amides is 2. The van der Waals surface area contributed by atoms with Gasteiger partial charge in [0.1, 0.15) is 0 Å². The van der Waals surface area contributed by atoms with Crippen LogP contribution in [0.25, 0.3) is 6.08 Å². The molecular formula is C24H24N4O. The van der Waals surface area contributed by atoms with Crippen molar-refractivity contribution >= 4 is 29.2 Å². The van der Waals surface area contributed by atoms with Gasteiger partial charge in [-0.3, -0.25) is 4.98 Å². The van der Waals surface area contributed by atoms with Gasteiger partial charge in [-0.25, -0.2) is 4.79 Å². The van der Waals surface area contributed by atoms with E-state index < -0.39 is 0 Å². The van der Waals surface area contributed by atoms with Gasteiger partial charge in [0.15, 0.2) is 0 Å². The number of hydrogen-bond acceptors (Lipinski definition) is 3. The number of nitrogens with zero attached hydrogens (tertiary/aromatic N) is 2. The number of hydrogen-bond donors (Lipinski definition) is 2. The molecule has 1 aromatic heterocycles. The molecule has 146 valence electrons. The highest BCUT2D eigenvalue weighted by atomic mass is 16.2. The van der Waals surface area contributed by atoms with Crippen LogP contribution in [-0.2, 0) is 0 Å². The van der Waals surface area contributed by atoms with Crippen LogP contribution in [0.15, 0.2) is 84.6 Å². The van der Waals surface area contributed by atoms with Crippen LogP contribution in [0.5, 0.6) is 0 Å². The predicted molar refractivity (Wildman–Crippen MR) is 118 cm³/mol. The third-order valence-electron chi connectivity index (χ3n) is 4.93. The van der Waals surface area contributed by atoms with E-state index in [0.717, 1.165) is 48.7 Å². The molecule has 2 N–H and O–H groups in total. The number of anilines is 3. The summed E-state index contributed by atoms with van der Waals surface area (Å²) in [6, 6.07) is 23.6. The van der Waals surface area contributed by atoms with Crippen molar-refractivity contribution in [2.24, 2.45) is 0 Å². The maximum atomic E-state index is 12.6. The van der Waals surface area contributed by atoms with Crippen molar-refractivity contribution in [3.05, 3.63) is 90.3 Å². The maximum absolute atomic E-state index is 12.6. The zero-order valence-corrected chi connectivity index (χ0v) is 16.2. The normalized spacial score (nSPS) is 13.7. The van der Waals surface area contributed by atoms with Crippen molar-refractivity contribution in [1.82, 2.24) is 9.88 Å². The molecule has 0 unspecified atom stereocenters. The van der Waals surface area contributed by atoms with Crippen LogP contribution < -0.4 is 10.6 Å². The SMILES string of the molecule is O=C(Nc1ccc(Nc2ccccc2)cc1)N1CCC(=Cc2ccccn2)CC1. The lowest BCUT2D eigenvalue weighted by molar-refractivity contribution is 0.208. The molecule has 4 rings (SSSR count). The van der Waals surface area contributed by atoms with Gasteiger partial charge >= 0.3 is 6.03 Å². The van der Waals surface area contributed by atoms with E-state index >= 15 is 0 Å². The molecule has 0 atom stereocenters. The zero-order chi connectivity index (χ0) is 19.9. The topological polar surface area (TPSA) is 57.3 Å². The number of rotatable bonds is 4. The average molecular weight is 384 g/mol. The molecule has 2 heterocycles. The number of para-hydroxylation sites is 1. The molecule has 1 saturated heterocycles. The third kappa shape index (κ3) is 5.23. The van der Waals surface area contributed by atoms with Crippen molar-refractivity contribution in [2.75, 3.05) is 23.7 Å². The van der Waals surface area contributed by atoms with Gasteiger partial charge in [-0.05, 0) is 67.4 Å².